The zero-order chi connectivity index (χ0) is 10.6. The Labute approximate surface area is 86.0 Å². The Balaban J connectivity index is 2.39. The van der Waals surface area contributed by atoms with E-state index < -0.39 is 0 Å². The van der Waals surface area contributed by atoms with Gasteiger partial charge in [0.25, 0.3) is 0 Å². The summed E-state index contributed by atoms with van der Waals surface area (Å²) in [4.78, 5) is 15.9. The van der Waals surface area contributed by atoms with Crippen molar-refractivity contribution in [3.05, 3.63) is 0 Å². The number of carbonyl (C=O) groups is 1. The molecule has 82 valence electrons. The third-order valence-corrected chi connectivity index (χ3v) is 2.57. The van der Waals surface area contributed by atoms with Crippen LogP contribution in [0.15, 0.2) is 0 Å². The molecule has 4 heteroatoms. The maximum atomic E-state index is 11.7. The van der Waals surface area contributed by atoms with Crippen LogP contribution in [0.4, 0.5) is 0 Å². The van der Waals surface area contributed by atoms with Crippen LogP contribution in [0.2, 0.25) is 0 Å². The van der Waals surface area contributed by atoms with Gasteiger partial charge in [-0.3, -0.25) is 4.79 Å². The van der Waals surface area contributed by atoms with Crippen LogP contribution < -0.4 is 5.73 Å². The summed E-state index contributed by atoms with van der Waals surface area (Å²) in [6, 6.07) is -0.0246. The van der Waals surface area contributed by atoms with Crippen LogP contribution in [-0.4, -0.2) is 55.0 Å². The number of carbonyl (C=O) groups excluding carboxylic acids is 1. The molecular weight excluding hydrogens is 178 g/mol. The second kappa shape index (κ2) is 5.32. The Morgan fingerprint density at radius 1 is 1.36 bits per heavy atom. The second-order valence-corrected chi connectivity index (χ2v) is 4.22. The van der Waals surface area contributed by atoms with Crippen LogP contribution in [0.5, 0.6) is 0 Å². The van der Waals surface area contributed by atoms with Crippen LogP contribution >= 0.6 is 0 Å². The van der Waals surface area contributed by atoms with E-state index in [9.17, 15) is 4.79 Å². The van der Waals surface area contributed by atoms with Crippen molar-refractivity contribution in [3.63, 3.8) is 0 Å². The molecule has 1 amide bonds. The van der Waals surface area contributed by atoms with Gasteiger partial charge in [0.05, 0.1) is 0 Å². The summed E-state index contributed by atoms with van der Waals surface area (Å²) in [6.45, 7) is 5.67. The van der Waals surface area contributed by atoms with Crippen LogP contribution in [0.3, 0.4) is 0 Å². The highest BCUT2D eigenvalue weighted by Crippen LogP contribution is 2.04. The first-order valence-corrected chi connectivity index (χ1v) is 5.31. The minimum Gasteiger partial charge on any atom is -0.341 e. The predicted molar refractivity (Wildman–Crippen MR) is 57.0 cm³/mol. The molecule has 4 nitrogen and oxygen atoms in total. The third kappa shape index (κ3) is 3.64. The summed E-state index contributed by atoms with van der Waals surface area (Å²) in [5.74, 6) is 0.204. The number of nitrogens with two attached hydrogens (primary N) is 1. The smallest absolute Gasteiger partial charge is 0.224 e. The van der Waals surface area contributed by atoms with Crippen molar-refractivity contribution in [2.24, 2.45) is 5.73 Å². The van der Waals surface area contributed by atoms with E-state index in [-0.39, 0.29) is 11.9 Å². The van der Waals surface area contributed by atoms with Gasteiger partial charge in [0, 0.05) is 32.1 Å². The fraction of sp³-hybridized carbons (Fsp3) is 0.900. The summed E-state index contributed by atoms with van der Waals surface area (Å²) in [7, 11) is 2.10. The summed E-state index contributed by atoms with van der Waals surface area (Å²) >= 11 is 0. The van der Waals surface area contributed by atoms with Crippen LogP contribution in [0, 0.1) is 0 Å². The van der Waals surface area contributed by atoms with E-state index >= 15 is 0 Å². The lowest BCUT2D eigenvalue weighted by Gasteiger charge is -2.21. The minimum absolute atomic E-state index is 0.0246. The van der Waals surface area contributed by atoms with Crippen molar-refractivity contribution in [1.29, 1.82) is 0 Å². The molecule has 0 spiro atoms. The third-order valence-electron chi connectivity index (χ3n) is 2.57. The number of likely N-dealkylation sites (N-methyl/N-ethyl adjacent to an activating group) is 1. The van der Waals surface area contributed by atoms with E-state index in [2.05, 4.69) is 11.9 Å². The van der Waals surface area contributed by atoms with Crippen LogP contribution in [-0.2, 0) is 4.79 Å². The largest absolute Gasteiger partial charge is 0.341 e. The molecule has 2 N–H and O–H groups in total. The molecule has 1 saturated heterocycles. The average Bonchev–Trinajstić information content (AvgIpc) is 2.28. The normalized spacial score (nSPS) is 21.8. The van der Waals surface area contributed by atoms with Crippen molar-refractivity contribution in [3.8, 4) is 0 Å². The van der Waals surface area contributed by atoms with Gasteiger partial charge in [-0.25, -0.2) is 0 Å². The lowest BCUT2D eigenvalue weighted by Crippen LogP contribution is -2.37. The summed E-state index contributed by atoms with van der Waals surface area (Å²) in [5, 5.41) is 0. The molecule has 0 aromatic carbocycles. The minimum atomic E-state index is -0.0246. The molecule has 1 heterocycles. The zero-order valence-corrected chi connectivity index (χ0v) is 9.20. The van der Waals surface area contributed by atoms with Gasteiger partial charge in [0.1, 0.15) is 0 Å². The number of hydrogen-bond donors (Lipinski definition) is 1. The van der Waals surface area contributed by atoms with Crippen molar-refractivity contribution in [1.82, 2.24) is 9.80 Å². The maximum absolute atomic E-state index is 11.7. The average molecular weight is 199 g/mol. The van der Waals surface area contributed by atoms with E-state index in [0.717, 1.165) is 32.6 Å². The van der Waals surface area contributed by atoms with Crippen molar-refractivity contribution in [2.45, 2.75) is 25.8 Å². The molecule has 0 aromatic rings. The Kier molecular flexibility index (Phi) is 4.35. The highest BCUT2D eigenvalue weighted by Gasteiger charge is 2.17. The molecule has 0 radical (unpaired) electrons. The topological polar surface area (TPSA) is 49.6 Å². The Morgan fingerprint density at radius 3 is 2.71 bits per heavy atom. The maximum Gasteiger partial charge on any atom is 0.224 e. The standard InChI is InChI=1S/C10H21N3O/c1-9(11)8-10(14)13-5-3-4-12(2)6-7-13/h9H,3-8,11H2,1-2H3. The molecule has 1 fully saturated rings. The molecule has 14 heavy (non-hydrogen) atoms. The quantitative estimate of drug-likeness (QED) is 0.675. The Morgan fingerprint density at radius 2 is 2.07 bits per heavy atom. The zero-order valence-electron chi connectivity index (χ0n) is 9.20. The highest BCUT2D eigenvalue weighted by molar-refractivity contribution is 5.76. The number of rotatable bonds is 2. The highest BCUT2D eigenvalue weighted by atomic mass is 16.2. The molecule has 1 rings (SSSR count). The summed E-state index contributed by atoms with van der Waals surface area (Å²) in [6.07, 6.45) is 1.55. The van der Waals surface area contributed by atoms with E-state index in [1.54, 1.807) is 0 Å². The van der Waals surface area contributed by atoms with Gasteiger partial charge in [-0.2, -0.15) is 0 Å². The van der Waals surface area contributed by atoms with Crippen LogP contribution in [0.25, 0.3) is 0 Å². The molecule has 0 bridgehead atoms. The van der Waals surface area contributed by atoms with Gasteiger partial charge >= 0.3 is 0 Å². The van der Waals surface area contributed by atoms with Crippen molar-refractivity contribution < 1.29 is 4.79 Å². The molecule has 1 aliphatic rings. The summed E-state index contributed by atoms with van der Waals surface area (Å²) in [5.41, 5.74) is 5.61. The molecule has 1 unspecified atom stereocenters. The fourth-order valence-electron chi connectivity index (χ4n) is 1.70. The monoisotopic (exact) mass is 199 g/mol. The molecule has 1 atom stereocenters. The predicted octanol–water partition coefficient (Wildman–Crippen LogP) is -0.112. The van der Waals surface area contributed by atoms with Gasteiger partial charge in [0.15, 0.2) is 0 Å². The second-order valence-electron chi connectivity index (χ2n) is 4.22. The molecule has 1 aliphatic heterocycles. The molecule has 0 aromatic heterocycles. The van der Waals surface area contributed by atoms with E-state index in [0.29, 0.717) is 6.42 Å². The molecule has 0 aliphatic carbocycles. The molecular formula is C10H21N3O. The van der Waals surface area contributed by atoms with Crippen molar-refractivity contribution in [2.75, 3.05) is 33.2 Å². The van der Waals surface area contributed by atoms with E-state index in [1.807, 2.05) is 11.8 Å². The van der Waals surface area contributed by atoms with Crippen LogP contribution in [0.1, 0.15) is 19.8 Å². The van der Waals surface area contributed by atoms with Crippen molar-refractivity contribution >= 4 is 5.91 Å². The SMILES string of the molecule is CC(N)CC(=O)N1CCCN(C)CC1. The number of hydrogen-bond acceptors (Lipinski definition) is 3. The summed E-state index contributed by atoms with van der Waals surface area (Å²) < 4.78 is 0. The first-order chi connectivity index (χ1) is 6.59. The first kappa shape index (κ1) is 11.5. The van der Waals surface area contributed by atoms with Gasteiger partial charge in [-0.05, 0) is 26.9 Å². The fourth-order valence-corrected chi connectivity index (χ4v) is 1.70. The van der Waals surface area contributed by atoms with Gasteiger partial charge in [0.2, 0.25) is 5.91 Å². The Hall–Kier alpha value is -0.610. The lowest BCUT2D eigenvalue weighted by molar-refractivity contribution is -0.131. The number of nitrogens with zero attached hydrogens (tertiary/aromatic N) is 2. The first-order valence-electron chi connectivity index (χ1n) is 5.31. The van der Waals surface area contributed by atoms with Gasteiger partial charge in [-0.15, -0.1) is 0 Å². The Bertz CT molecular complexity index is 194. The van der Waals surface area contributed by atoms with E-state index in [4.69, 9.17) is 5.73 Å². The van der Waals surface area contributed by atoms with Gasteiger partial charge in [-0.1, -0.05) is 0 Å². The van der Waals surface area contributed by atoms with Gasteiger partial charge < -0.3 is 15.5 Å². The van der Waals surface area contributed by atoms with E-state index in [1.165, 1.54) is 0 Å². The molecule has 0 saturated carbocycles. The lowest BCUT2D eigenvalue weighted by atomic mass is 10.2. The number of amides is 1.